The molecule has 0 aromatic heterocycles. The van der Waals surface area contributed by atoms with Gasteiger partial charge in [0.2, 0.25) is 0 Å². The van der Waals surface area contributed by atoms with Crippen molar-refractivity contribution in [2.24, 2.45) is 0 Å². The highest BCUT2D eigenvalue weighted by Crippen LogP contribution is 1.76. The van der Waals surface area contributed by atoms with Crippen LogP contribution in [0.5, 0.6) is 0 Å². The maximum atomic E-state index is 9.96. The van der Waals surface area contributed by atoms with Crippen LogP contribution in [-0.2, 0) is 14.3 Å². The summed E-state index contributed by atoms with van der Waals surface area (Å²) in [5.74, 6) is -0.991. The summed E-state index contributed by atoms with van der Waals surface area (Å²) in [6.07, 6.45) is 0.469. The van der Waals surface area contributed by atoms with Gasteiger partial charge in [-0.2, -0.15) is 0 Å². The zero-order valence-electron chi connectivity index (χ0n) is 6.38. The number of aliphatic carboxylic acids is 1. The third kappa shape index (κ3) is 28.3. The van der Waals surface area contributed by atoms with Gasteiger partial charge in [0.25, 0.3) is 5.97 Å². The van der Waals surface area contributed by atoms with E-state index in [0.717, 1.165) is 6.92 Å². The van der Waals surface area contributed by atoms with Crippen LogP contribution in [0.15, 0.2) is 0 Å². The average Bonchev–Trinajstić information content (AvgIpc) is 1.85. The molecule has 0 aromatic carbocycles. The lowest BCUT2D eigenvalue weighted by molar-refractivity contribution is -0.140. The van der Waals surface area contributed by atoms with Crippen LogP contribution in [0, 0.1) is 0 Å². The van der Waals surface area contributed by atoms with E-state index >= 15 is 0 Å². The molecule has 4 nitrogen and oxygen atoms in total. The largest absolute Gasteiger partial charge is 0.481 e. The number of carboxylic acids is 1. The topological polar surface area (TPSA) is 63.6 Å². The predicted octanol–water partition coefficient (Wildman–Crippen LogP) is 0.660. The standard InChI is InChI=1S/C4H8O2.C2H4O2/c1-3-4(5)6-2;1-2(3)4/h3H2,1-2H3;1H3,(H,3,4). The summed E-state index contributed by atoms with van der Waals surface area (Å²) in [7, 11) is 1.38. The second kappa shape index (κ2) is 7.94. The lowest BCUT2D eigenvalue weighted by atomic mass is 10.5. The molecule has 0 saturated carbocycles. The number of carboxylic acid groups (broad SMARTS) is 1. The molecule has 0 bridgehead atoms. The summed E-state index contributed by atoms with van der Waals surface area (Å²) in [5.41, 5.74) is 0. The highest BCUT2D eigenvalue weighted by atomic mass is 16.5. The minimum atomic E-state index is -0.833. The summed E-state index contributed by atoms with van der Waals surface area (Å²) in [4.78, 5) is 19.0. The van der Waals surface area contributed by atoms with E-state index in [2.05, 4.69) is 4.74 Å². The van der Waals surface area contributed by atoms with Crippen molar-refractivity contribution in [1.29, 1.82) is 0 Å². The highest BCUT2D eigenvalue weighted by Gasteiger charge is 1.87. The Kier molecular flexibility index (Phi) is 9.29. The van der Waals surface area contributed by atoms with Crippen molar-refractivity contribution in [3.05, 3.63) is 0 Å². The smallest absolute Gasteiger partial charge is 0.305 e. The monoisotopic (exact) mass is 148 g/mol. The minimum absolute atomic E-state index is 0.157. The maximum Gasteiger partial charge on any atom is 0.305 e. The van der Waals surface area contributed by atoms with Crippen molar-refractivity contribution in [1.82, 2.24) is 0 Å². The predicted molar refractivity (Wildman–Crippen MR) is 35.6 cm³/mol. The van der Waals surface area contributed by atoms with E-state index in [9.17, 15) is 4.79 Å². The fourth-order valence-electron chi connectivity index (χ4n) is 0.144. The van der Waals surface area contributed by atoms with Crippen LogP contribution in [0.3, 0.4) is 0 Å². The van der Waals surface area contributed by atoms with Gasteiger partial charge in [-0.3, -0.25) is 9.59 Å². The minimum Gasteiger partial charge on any atom is -0.481 e. The Bertz CT molecular complexity index is 98.3. The molecular formula is C6H12O4. The molecule has 0 radical (unpaired) electrons. The summed E-state index contributed by atoms with van der Waals surface area (Å²) < 4.78 is 4.26. The average molecular weight is 148 g/mol. The number of carbonyl (C=O) groups excluding carboxylic acids is 1. The fourth-order valence-corrected chi connectivity index (χ4v) is 0.144. The second-order valence-electron chi connectivity index (χ2n) is 1.45. The van der Waals surface area contributed by atoms with Gasteiger partial charge in [-0.1, -0.05) is 6.92 Å². The van der Waals surface area contributed by atoms with Gasteiger partial charge in [0.15, 0.2) is 0 Å². The SMILES string of the molecule is CC(=O)O.CCC(=O)OC. The zero-order valence-corrected chi connectivity index (χ0v) is 6.38. The quantitative estimate of drug-likeness (QED) is 0.555. The molecule has 0 aromatic rings. The molecule has 0 aliphatic rings. The van der Waals surface area contributed by atoms with Gasteiger partial charge < -0.3 is 9.84 Å². The first-order chi connectivity index (χ1) is 4.54. The number of hydrogen-bond acceptors (Lipinski definition) is 3. The van der Waals surface area contributed by atoms with Crippen LogP contribution in [0.2, 0.25) is 0 Å². The molecule has 0 aliphatic heterocycles. The molecule has 0 spiro atoms. The molecule has 10 heavy (non-hydrogen) atoms. The Labute approximate surface area is 59.8 Å². The Morgan fingerprint density at radius 1 is 1.50 bits per heavy atom. The van der Waals surface area contributed by atoms with E-state index in [1.807, 2.05) is 0 Å². The molecule has 0 rings (SSSR count). The normalized spacial score (nSPS) is 7.10. The van der Waals surface area contributed by atoms with E-state index in [-0.39, 0.29) is 5.97 Å². The lowest BCUT2D eigenvalue weighted by Gasteiger charge is -1.87. The first-order valence-corrected chi connectivity index (χ1v) is 2.80. The third-order valence-corrected chi connectivity index (χ3v) is 0.516. The van der Waals surface area contributed by atoms with Crippen molar-refractivity contribution in [2.45, 2.75) is 20.3 Å². The summed E-state index contributed by atoms with van der Waals surface area (Å²) in [6.45, 7) is 2.84. The van der Waals surface area contributed by atoms with E-state index in [1.165, 1.54) is 7.11 Å². The van der Waals surface area contributed by atoms with Crippen molar-refractivity contribution in [3.8, 4) is 0 Å². The number of ether oxygens (including phenoxy) is 1. The number of carbonyl (C=O) groups is 2. The van der Waals surface area contributed by atoms with Crippen LogP contribution in [0.4, 0.5) is 0 Å². The Balaban J connectivity index is 0. The number of esters is 1. The molecule has 0 fully saturated rings. The summed E-state index contributed by atoms with van der Waals surface area (Å²) >= 11 is 0. The van der Waals surface area contributed by atoms with Gasteiger partial charge in [-0.25, -0.2) is 0 Å². The van der Waals surface area contributed by atoms with Crippen LogP contribution in [0.1, 0.15) is 20.3 Å². The number of methoxy groups -OCH3 is 1. The second-order valence-corrected chi connectivity index (χ2v) is 1.45. The van der Waals surface area contributed by atoms with Crippen LogP contribution in [-0.4, -0.2) is 24.2 Å². The molecule has 0 unspecified atom stereocenters. The number of rotatable bonds is 1. The van der Waals surface area contributed by atoms with Gasteiger partial charge in [-0.05, 0) is 0 Å². The molecule has 0 amide bonds. The lowest BCUT2D eigenvalue weighted by Crippen LogP contribution is -1.94. The van der Waals surface area contributed by atoms with Crippen molar-refractivity contribution in [3.63, 3.8) is 0 Å². The van der Waals surface area contributed by atoms with Crippen molar-refractivity contribution in [2.75, 3.05) is 7.11 Å². The highest BCUT2D eigenvalue weighted by molar-refractivity contribution is 5.68. The van der Waals surface area contributed by atoms with E-state index in [1.54, 1.807) is 6.92 Å². The third-order valence-electron chi connectivity index (χ3n) is 0.516. The molecule has 4 heteroatoms. The summed E-state index contributed by atoms with van der Waals surface area (Å²) in [6, 6.07) is 0. The molecule has 0 aliphatic carbocycles. The Hall–Kier alpha value is -1.06. The van der Waals surface area contributed by atoms with Gasteiger partial charge in [0, 0.05) is 13.3 Å². The van der Waals surface area contributed by atoms with Crippen LogP contribution < -0.4 is 0 Å². The number of hydrogen-bond donors (Lipinski definition) is 1. The molecule has 1 N–H and O–H groups in total. The molecular weight excluding hydrogens is 136 g/mol. The van der Waals surface area contributed by atoms with Gasteiger partial charge in [0.1, 0.15) is 0 Å². The zero-order chi connectivity index (χ0) is 8.57. The maximum absolute atomic E-state index is 9.96. The van der Waals surface area contributed by atoms with E-state index in [4.69, 9.17) is 9.90 Å². The van der Waals surface area contributed by atoms with Crippen LogP contribution >= 0.6 is 0 Å². The Morgan fingerprint density at radius 2 is 1.80 bits per heavy atom. The Morgan fingerprint density at radius 3 is 1.80 bits per heavy atom. The van der Waals surface area contributed by atoms with E-state index in [0.29, 0.717) is 6.42 Å². The fraction of sp³-hybridized carbons (Fsp3) is 0.667. The van der Waals surface area contributed by atoms with Gasteiger partial charge >= 0.3 is 5.97 Å². The first-order valence-electron chi connectivity index (χ1n) is 2.80. The summed E-state index contributed by atoms with van der Waals surface area (Å²) in [5, 5.41) is 7.42. The van der Waals surface area contributed by atoms with Crippen molar-refractivity contribution >= 4 is 11.9 Å². The van der Waals surface area contributed by atoms with Gasteiger partial charge in [-0.15, -0.1) is 0 Å². The molecule has 0 saturated heterocycles. The van der Waals surface area contributed by atoms with E-state index < -0.39 is 5.97 Å². The first kappa shape index (κ1) is 11.7. The molecule has 60 valence electrons. The van der Waals surface area contributed by atoms with Gasteiger partial charge in [0.05, 0.1) is 7.11 Å². The molecule has 0 atom stereocenters. The van der Waals surface area contributed by atoms with Crippen molar-refractivity contribution < 1.29 is 19.4 Å². The van der Waals surface area contributed by atoms with Crippen LogP contribution in [0.25, 0.3) is 0 Å². The molecule has 0 heterocycles.